The highest BCUT2D eigenvalue weighted by molar-refractivity contribution is 5.98. The summed E-state index contributed by atoms with van der Waals surface area (Å²) in [5.41, 5.74) is 6.23. The van der Waals surface area contributed by atoms with Crippen LogP contribution in [-0.2, 0) is 0 Å². The Kier molecular flexibility index (Phi) is 3.49. The van der Waals surface area contributed by atoms with Gasteiger partial charge in [0.25, 0.3) is 5.91 Å². The lowest BCUT2D eigenvalue weighted by Gasteiger charge is -2.05. The minimum absolute atomic E-state index is 0.159. The number of nitriles is 1. The first kappa shape index (κ1) is 12.3. The first-order valence-corrected chi connectivity index (χ1v) is 5.22. The van der Waals surface area contributed by atoms with Crippen LogP contribution in [-0.4, -0.2) is 26.5 Å². The summed E-state index contributed by atoms with van der Waals surface area (Å²) in [4.78, 5) is 11.2. The number of amides is 1. The molecule has 19 heavy (non-hydrogen) atoms. The molecule has 0 aliphatic heterocycles. The van der Waals surface area contributed by atoms with E-state index in [0.717, 1.165) is 0 Å². The molecule has 1 amide bonds. The standard InChI is InChI=1S/C11H9N7O/c12-5-7(11-15-17-18-16-11)6-14-9-4-2-1-3-8(9)10(13)19/h1-4,6,14H,(H2,13,19)(H,15,16,17,18). The van der Waals surface area contributed by atoms with Crippen molar-refractivity contribution in [2.45, 2.75) is 0 Å². The number of rotatable bonds is 4. The Bertz CT molecular complexity index is 654. The Labute approximate surface area is 107 Å². The van der Waals surface area contributed by atoms with Crippen LogP contribution in [0.25, 0.3) is 5.57 Å². The zero-order valence-corrected chi connectivity index (χ0v) is 9.66. The lowest BCUT2D eigenvalue weighted by atomic mass is 10.1. The van der Waals surface area contributed by atoms with Crippen molar-refractivity contribution in [2.75, 3.05) is 5.32 Å². The molecule has 1 heterocycles. The van der Waals surface area contributed by atoms with Crippen molar-refractivity contribution in [3.63, 3.8) is 0 Å². The lowest BCUT2D eigenvalue weighted by Crippen LogP contribution is -2.13. The normalized spacial score (nSPS) is 10.8. The van der Waals surface area contributed by atoms with Crippen LogP contribution in [0.15, 0.2) is 30.5 Å². The second-order valence-electron chi connectivity index (χ2n) is 3.46. The molecule has 2 rings (SSSR count). The quantitative estimate of drug-likeness (QED) is 0.671. The Morgan fingerprint density at radius 3 is 2.89 bits per heavy atom. The number of aromatic nitrogens is 4. The largest absolute Gasteiger partial charge is 0.366 e. The van der Waals surface area contributed by atoms with Crippen LogP contribution in [0.1, 0.15) is 16.2 Å². The molecule has 8 nitrogen and oxygen atoms in total. The summed E-state index contributed by atoms with van der Waals surface area (Å²) in [7, 11) is 0. The van der Waals surface area contributed by atoms with E-state index in [9.17, 15) is 4.79 Å². The number of carbonyl (C=O) groups is 1. The van der Waals surface area contributed by atoms with E-state index in [4.69, 9.17) is 11.0 Å². The van der Waals surface area contributed by atoms with E-state index < -0.39 is 5.91 Å². The third kappa shape index (κ3) is 2.73. The summed E-state index contributed by atoms with van der Waals surface area (Å²) in [5.74, 6) is -0.402. The Balaban J connectivity index is 2.27. The van der Waals surface area contributed by atoms with Crippen LogP contribution in [0.2, 0.25) is 0 Å². The molecule has 0 unspecified atom stereocenters. The number of nitrogens with two attached hydrogens (primary N) is 1. The van der Waals surface area contributed by atoms with Gasteiger partial charge in [0.2, 0.25) is 5.82 Å². The average Bonchev–Trinajstić information content (AvgIpc) is 2.94. The van der Waals surface area contributed by atoms with Crippen molar-refractivity contribution >= 4 is 17.2 Å². The first-order chi connectivity index (χ1) is 9.22. The van der Waals surface area contributed by atoms with Gasteiger partial charge in [0.1, 0.15) is 11.6 Å². The highest BCUT2D eigenvalue weighted by Gasteiger charge is 2.08. The van der Waals surface area contributed by atoms with E-state index in [1.807, 2.05) is 6.07 Å². The third-order valence-corrected chi connectivity index (χ3v) is 2.27. The van der Waals surface area contributed by atoms with E-state index >= 15 is 0 Å². The minimum Gasteiger partial charge on any atom is -0.366 e. The van der Waals surface area contributed by atoms with E-state index in [2.05, 4.69) is 25.9 Å². The summed E-state index contributed by atoms with van der Waals surface area (Å²) in [5, 5.41) is 24.8. The van der Waals surface area contributed by atoms with E-state index in [-0.39, 0.29) is 11.4 Å². The van der Waals surface area contributed by atoms with Crippen molar-refractivity contribution in [2.24, 2.45) is 5.73 Å². The van der Waals surface area contributed by atoms with Crippen LogP contribution in [0.3, 0.4) is 0 Å². The molecule has 2 aromatic rings. The van der Waals surface area contributed by atoms with Gasteiger partial charge in [-0.05, 0) is 17.3 Å². The topological polar surface area (TPSA) is 133 Å². The molecule has 0 saturated carbocycles. The number of para-hydroxylation sites is 1. The number of hydrogen-bond acceptors (Lipinski definition) is 6. The lowest BCUT2D eigenvalue weighted by molar-refractivity contribution is 0.100. The van der Waals surface area contributed by atoms with Crippen LogP contribution < -0.4 is 11.1 Å². The first-order valence-electron chi connectivity index (χ1n) is 5.22. The Morgan fingerprint density at radius 2 is 2.26 bits per heavy atom. The molecule has 0 aliphatic rings. The van der Waals surface area contributed by atoms with Crippen molar-refractivity contribution in [3.05, 3.63) is 41.9 Å². The minimum atomic E-state index is -0.561. The molecular weight excluding hydrogens is 246 g/mol. The second-order valence-corrected chi connectivity index (χ2v) is 3.46. The molecule has 0 radical (unpaired) electrons. The van der Waals surface area contributed by atoms with Gasteiger partial charge in [0.15, 0.2) is 0 Å². The fourth-order valence-corrected chi connectivity index (χ4v) is 1.40. The van der Waals surface area contributed by atoms with Crippen LogP contribution in [0.4, 0.5) is 5.69 Å². The molecule has 0 fully saturated rings. The fraction of sp³-hybridized carbons (Fsp3) is 0. The third-order valence-electron chi connectivity index (χ3n) is 2.27. The molecule has 4 N–H and O–H groups in total. The number of allylic oxidation sites excluding steroid dienone is 1. The average molecular weight is 255 g/mol. The number of nitrogens with one attached hydrogen (secondary N) is 2. The Hall–Kier alpha value is -3.21. The monoisotopic (exact) mass is 255 g/mol. The summed E-state index contributed by atoms with van der Waals surface area (Å²) < 4.78 is 0. The maximum atomic E-state index is 11.2. The molecule has 1 aromatic heterocycles. The smallest absolute Gasteiger partial charge is 0.250 e. The van der Waals surface area contributed by atoms with Crippen molar-refractivity contribution < 1.29 is 4.79 Å². The van der Waals surface area contributed by atoms with Gasteiger partial charge in [0.05, 0.1) is 11.3 Å². The summed E-state index contributed by atoms with van der Waals surface area (Å²) in [6, 6.07) is 8.60. The van der Waals surface area contributed by atoms with Crippen LogP contribution >= 0.6 is 0 Å². The number of nitrogens with zero attached hydrogens (tertiary/aromatic N) is 4. The van der Waals surface area contributed by atoms with E-state index in [0.29, 0.717) is 11.3 Å². The maximum Gasteiger partial charge on any atom is 0.250 e. The maximum absolute atomic E-state index is 11.2. The summed E-state index contributed by atoms with van der Waals surface area (Å²) >= 11 is 0. The highest BCUT2D eigenvalue weighted by atomic mass is 16.1. The van der Waals surface area contributed by atoms with Gasteiger partial charge in [0, 0.05) is 6.20 Å². The predicted octanol–water partition coefficient (Wildman–Crippen LogP) is 0.275. The number of carbonyl (C=O) groups excluding carboxylic acids is 1. The van der Waals surface area contributed by atoms with Gasteiger partial charge in [-0.25, -0.2) is 0 Å². The molecule has 8 heteroatoms. The number of H-pyrrole nitrogens is 1. The van der Waals surface area contributed by atoms with Gasteiger partial charge < -0.3 is 11.1 Å². The zero-order chi connectivity index (χ0) is 13.7. The SMILES string of the molecule is N#CC(=CNc1ccccc1C(N)=O)c1nn[nH]n1. The van der Waals surface area contributed by atoms with E-state index in [1.165, 1.54) is 6.20 Å². The fourth-order valence-electron chi connectivity index (χ4n) is 1.40. The highest BCUT2D eigenvalue weighted by Crippen LogP contribution is 2.15. The number of anilines is 1. The molecule has 0 aliphatic carbocycles. The van der Waals surface area contributed by atoms with Crippen LogP contribution in [0, 0.1) is 11.3 Å². The number of tetrazole rings is 1. The number of primary amides is 1. The summed E-state index contributed by atoms with van der Waals surface area (Å²) in [6.45, 7) is 0. The molecular formula is C11H9N7O. The van der Waals surface area contributed by atoms with Gasteiger partial charge in [-0.2, -0.15) is 10.5 Å². The van der Waals surface area contributed by atoms with Gasteiger partial charge in [-0.15, -0.1) is 10.2 Å². The van der Waals surface area contributed by atoms with Gasteiger partial charge >= 0.3 is 0 Å². The Morgan fingerprint density at radius 1 is 1.47 bits per heavy atom. The van der Waals surface area contributed by atoms with Crippen molar-refractivity contribution in [3.8, 4) is 6.07 Å². The van der Waals surface area contributed by atoms with Crippen molar-refractivity contribution in [1.29, 1.82) is 5.26 Å². The predicted molar refractivity (Wildman–Crippen MR) is 66.4 cm³/mol. The van der Waals surface area contributed by atoms with Crippen LogP contribution in [0.5, 0.6) is 0 Å². The molecule has 0 spiro atoms. The molecule has 0 saturated heterocycles. The van der Waals surface area contributed by atoms with Gasteiger partial charge in [-0.3, -0.25) is 4.79 Å². The molecule has 94 valence electrons. The van der Waals surface area contributed by atoms with Crippen molar-refractivity contribution in [1.82, 2.24) is 20.6 Å². The number of aromatic amines is 1. The molecule has 1 aromatic carbocycles. The summed E-state index contributed by atoms with van der Waals surface area (Å²) in [6.07, 6.45) is 1.38. The zero-order valence-electron chi connectivity index (χ0n) is 9.66. The number of hydrogen-bond donors (Lipinski definition) is 3. The number of benzene rings is 1. The van der Waals surface area contributed by atoms with Gasteiger partial charge in [-0.1, -0.05) is 12.1 Å². The molecule has 0 atom stereocenters. The second kappa shape index (κ2) is 5.42. The molecule has 0 bridgehead atoms. The van der Waals surface area contributed by atoms with E-state index in [1.54, 1.807) is 24.3 Å².